The van der Waals surface area contributed by atoms with Crippen molar-refractivity contribution >= 4 is 11.9 Å². The Hall–Kier alpha value is -2.86. The number of aryl methyl sites for hydroxylation is 2. The molecule has 1 unspecified atom stereocenters. The van der Waals surface area contributed by atoms with Crippen molar-refractivity contribution in [2.45, 2.75) is 44.4 Å². The van der Waals surface area contributed by atoms with Gasteiger partial charge in [-0.1, -0.05) is 36.4 Å². The highest BCUT2D eigenvalue weighted by atomic mass is 16.4. The molecule has 0 saturated carbocycles. The third kappa shape index (κ3) is 4.34. The van der Waals surface area contributed by atoms with Crippen LogP contribution in [0.1, 0.15) is 53.9 Å². The van der Waals surface area contributed by atoms with Crippen LogP contribution in [0.4, 0.5) is 0 Å². The normalized spacial score (nSPS) is 14.4. The highest BCUT2D eigenvalue weighted by Crippen LogP contribution is 2.45. The number of carboxylic acid groups (broad SMARTS) is 1. The Balaban J connectivity index is 1.78. The van der Waals surface area contributed by atoms with Gasteiger partial charge in [0.05, 0.1) is 6.61 Å². The molecule has 2 aromatic carbocycles. The van der Waals surface area contributed by atoms with E-state index in [1.165, 1.54) is 0 Å². The number of rotatable bonds is 9. The number of carbonyl (C=O) groups excluding carboxylic acids is 1. The number of nitroso groups, excluding NO2 is 1. The highest BCUT2D eigenvalue weighted by Gasteiger charge is 2.28. The number of aliphatic hydroxyl groups is 1. The Labute approximate surface area is 163 Å². The van der Waals surface area contributed by atoms with E-state index in [2.05, 4.69) is 17.3 Å². The Morgan fingerprint density at radius 1 is 0.893 bits per heavy atom. The number of benzene rings is 2. The molecule has 0 spiro atoms. The molecule has 1 aliphatic rings. The number of hydrogen-bond donors (Lipinski definition) is 2. The fraction of sp³-hybridized carbons (Fsp3) is 0.364. The maximum atomic E-state index is 11.0. The first-order valence-electron chi connectivity index (χ1n) is 9.48. The van der Waals surface area contributed by atoms with Gasteiger partial charge < -0.3 is 10.2 Å². The molecule has 0 radical (unpaired) electrons. The van der Waals surface area contributed by atoms with Crippen molar-refractivity contribution in [3.05, 3.63) is 63.6 Å². The average molecular weight is 381 g/mol. The molecule has 146 valence electrons. The second-order valence-corrected chi connectivity index (χ2v) is 7.16. The number of hydrogen-bond acceptors (Lipinski definition) is 4. The van der Waals surface area contributed by atoms with Gasteiger partial charge in [0, 0.05) is 23.9 Å². The van der Waals surface area contributed by atoms with Crippen LogP contribution in [0.3, 0.4) is 0 Å². The van der Waals surface area contributed by atoms with Crippen LogP contribution in [0.25, 0.3) is 11.1 Å². The summed E-state index contributed by atoms with van der Waals surface area (Å²) in [5, 5.41) is 21.2. The summed E-state index contributed by atoms with van der Waals surface area (Å²) in [5.74, 6) is -1.53. The maximum Gasteiger partial charge on any atom is 0.303 e. The molecular weight excluding hydrogens is 358 g/mol. The monoisotopic (exact) mass is 381 g/mol. The van der Waals surface area contributed by atoms with Crippen molar-refractivity contribution in [1.29, 1.82) is 0 Å². The van der Waals surface area contributed by atoms with Crippen LogP contribution in [0, 0.1) is 4.91 Å². The molecule has 1 atom stereocenters. The molecule has 2 aromatic rings. The van der Waals surface area contributed by atoms with Gasteiger partial charge in [0.25, 0.3) is 5.91 Å². The summed E-state index contributed by atoms with van der Waals surface area (Å²) in [6, 6.07) is 12.3. The topological polar surface area (TPSA) is 104 Å². The van der Waals surface area contributed by atoms with Gasteiger partial charge in [-0.2, -0.15) is 0 Å². The summed E-state index contributed by atoms with van der Waals surface area (Å²) in [4.78, 5) is 31.9. The van der Waals surface area contributed by atoms with Gasteiger partial charge in [0.15, 0.2) is 0 Å². The number of aliphatic hydroxyl groups excluding tert-OH is 1. The molecule has 6 nitrogen and oxygen atoms in total. The summed E-state index contributed by atoms with van der Waals surface area (Å²) in [6.45, 7) is -0.00438. The zero-order valence-corrected chi connectivity index (χ0v) is 15.6. The van der Waals surface area contributed by atoms with Gasteiger partial charge >= 0.3 is 5.97 Å². The molecule has 1 amide bonds. The lowest BCUT2D eigenvalue weighted by atomic mass is 9.94. The minimum Gasteiger partial charge on any atom is -0.481 e. The molecule has 1 aliphatic carbocycles. The standard InChI is InChI=1S/C22H23NO5/c24-13-20-18-11-14(3-1-5-21(25)23-28)7-9-16(18)17-10-8-15(12-19(17)20)4-2-6-22(26)27/h7-12,20,24H,1-6,13H2,(H,26,27). The average Bonchev–Trinajstić information content (AvgIpc) is 2.99. The molecule has 0 aliphatic heterocycles. The molecule has 0 aromatic heterocycles. The van der Waals surface area contributed by atoms with Crippen molar-refractivity contribution < 1.29 is 19.8 Å². The third-order valence-electron chi connectivity index (χ3n) is 5.27. The van der Waals surface area contributed by atoms with Crippen molar-refractivity contribution in [2.75, 3.05) is 6.61 Å². The first kappa shape index (κ1) is 19.9. The number of carbonyl (C=O) groups is 2. The van der Waals surface area contributed by atoms with Gasteiger partial charge in [-0.15, -0.1) is 4.91 Å². The van der Waals surface area contributed by atoms with Gasteiger partial charge in [-0.3, -0.25) is 9.59 Å². The lowest BCUT2D eigenvalue weighted by Gasteiger charge is -2.12. The van der Waals surface area contributed by atoms with Crippen LogP contribution < -0.4 is 0 Å². The highest BCUT2D eigenvalue weighted by molar-refractivity contribution is 5.79. The van der Waals surface area contributed by atoms with E-state index in [1.54, 1.807) is 0 Å². The van der Waals surface area contributed by atoms with Crippen LogP contribution in [0.2, 0.25) is 0 Å². The van der Waals surface area contributed by atoms with E-state index < -0.39 is 11.9 Å². The van der Waals surface area contributed by atoms with E-state index in [0.717, 1.165) is 33.4 Å². The number of fused-ring (bicyclic) bond motifs is 3. The SMILES string of the molecule is O=NC(=O)CCCc1ccc2c(c1)C(CO)c1cc(CCCC(=O)O)ccc1-2. The lowest BCUT2D eigenvalue weighted by Crippen LogP contribution is -2.03. The van der Waals surface area contributed by atoms with Gasteiger partial charge in [0.2, 0.25) is 0 Å². The van der Waals surface area contributed by atoms with E-state index in [0.29, 0.717) is 25.7 Å². The molecule has 3 rings (SSSR count). The maximum absolute atomic E-state index is 11.0. The van der Waals surface area contributed by atoms with Gasteiger partial charge in [-0.25, -0.2) is 0 Å². The molecule has 2 N–H and O–H groups in total. The summed E-state index contributed by atoms with van der Waals surface area (Å²) in [5.41, 5.74) is 6.47. The fourth-order valence-corrected chi connectivity index (χ4v) is 3.90. The van der Waals surface area contributed by atoms with Crippen molar-refractivity contribution in [3.8, 4) is 11.1 Å². The Morgan fingerprint density at radius 3 is 1.89 bits per heavy atom. The van der Waals surface area contributed by atoms with Gasteiger partial charge in [0.1, 0.15) is 0 Å². The quantitative estimate of drug-likeness (QED) is 0.643. The minimum atomic E-state index is -0.792. The summed E-state index contributed by atoms with van der Waals surface area (Å²) in [6.07, 6.45) is 2.80. The Morgan fingerprint density at radius 2 is 1.43 bits per heavy atom. The van der Waals surface area contributed by atoms with Gasteiger partial charge in [-0.05, 0) is 59.1 Å². The third-order valence-corrected chi connectivity index (χ3v) is 5.27. The Kier molecular flexibility index (Phi) is 6.31. The molecule has 6 heteroatoms. The molecule has 0 heterocycles. The minimum absolute atomic E-state index is 0.00438. The predicted molar refractivity (Wildman–Crippen MR) is 105 cm³/mol. The zero-order valence-electron chi connectivity index (χ0n) is 15.6. The predicted octanol–water partition coefficient (Wildman–Crippen LogP) is 3.81. The van der Waals surface area contributed by atoms with Crippen molar-refractivity contribution in [1.82, 2.24) is 0 Å². The van der Waals surface area contributed by atoms with Crippen LogP contribution in [0.15, 0.2) is 41.6 Å². The largest absolute Gasteiger partial charge is 0.481 e. The summed E-state index contributed by atoms with van der Waals surface area (Å²) < 4.78 is 0. The summed E-state index contributed by atoms with van der Waals surface area (Å²) in [7, 11) is 0. The molecule has 0 fully saturated rings. The number of nitrogens with zero attached hydrogens (tertiary/aromatic N) is 1. The van der Waals surface area contributed by atoms with Crippen molar-refractivity contribution in [2.24, 2.45) is 5.18 Å². The second kappa shape index (κ2) is 8.89. The van der Waals surface area contributed by atoms with Crippen LogP contribution in [-0.4, -0.2) is 28.7 Å². The van der Waals surface area contributed by atoms with Crippen LogP contribution in [0.5, 0.6) is 0 Å². The fourth-order valence-electron chi connectivity index (χ4n) is 3.90. The van der Waals surface area contributed by atoms with E-state index in [1.807, 2.05) is 24.3 Å². The molecular formula is C22H23NO5. The Bertz CT molecular complexity index is 906. The first-order valence-corrected chi connectivity index (χ1v) is 9.48. The summed E-state index contributed by atoms with van der Waals surface area (Å²) >= 11 is 0. The van der Waals surface area contributed by atoms with E-state index in [4.69, 9.17) is 5.11 Å². The zero-order chi connectivity index (χ0) is 20.1. The van der Waals surface area contributed by atoms with E-state index in [9.17, 15) is 19.6 Å². The molecule has 28 heavy (non-hydrogen) atoms. The first-order chi connectivity index (χ1) is 13.5. The lowest BCUT2D eigenvalue weighted by molar-refractivity contribution is -0.137. The second-order valence-electron chi connectivity index (χ2n) is 7.16. The van der Waals surface area contributed by atoms with Crippen LogP contribution in [-0.2, 0) is 22.4 Å². The van der Waals surface area contributed by atoms with E-state index in [-0.39, 0.29) is 25.4 Å². The molecule has 0 bridgehead atoms. The smallest absolute Gasteiger partial charge is 0.303 e. The van der Waals surface area contributed by atoms with Crippen molar-refractivity contribution in [3.63, 3.8) is 0 Å². The van der Waals surface area contributed by atoms with E-state index >= 15 is 0 Å². The number of amides is 1. The van der Waals surface area contributed by atoms with Crippen LogP contribution >= 0.6 is 0 Å². The molecule has 0 saturated heterocycles. The number of aliphatic carboxylic acids is 1. The number of carboxylic acids is 1.